The molecule has 2 fully saturated rings. The van der Waals surface area contributed by atoms with Crippen LogP contribution < -0.4 is 10.6 Å². The molecule has 1 aromatic rings. The van der Waals surface area contributed by atoms with Crippen LogP contribution in [0.25, 0.3) is 0 Å². The first-order chi connectivity index (χ1) is 9.11. The monoisotopic (exact) mass is 263 g/mol. The number of aromatic nitrogens is 1. The highest BCUT2D eigenvalue weighted by Gasteiger charge is 2.49. The number of pyridine rings is 1. The Morgan fingerprint density at radius 3 is 3.05 bits per heavy atom. The zero-order valence-corrected chi connectivity index (χ0v) is 10.8. The summed E-state index contributed by atoms with van der Waals surface area (Å²) in [7, 11) is 0. The number of nitrogens with two attached hydrogens (primary N) is 1. The van der Waals surface area contributed by atoms with Crippen molar-refractivity contribution in [1.29, 1.82) is 0 Å². The molecule has 1 spiro atoms. The number of carbonyl (C=O) groups excluding carboxylic acids is 1. The minimum atomic E-state index is -0.362. The van der Waals surface area contributed by atoms with Gasteiger partial charge in [0, 0.05) is 24.8 Å². The van der Waals surface area contributed by atoms with Crippen molar-refractivity contribution in [2.75, 3.05) is 11.4 Å². The zero-order valence-electron chi connectivity index (χ0n) is 10.8. The van der Waals surface area contributed by atoms with E-state index in [0.717, 1.165) is 32.1 Å². The summed E-state index contributed by atoms with van der Waals surface area (Å²) in [4.78, 5) is 18.4. The summed E-state index contributed by atoms with van der Waals surface area (Å²) in [5.41, 5.74) is 5.69. The second kappa shape index (κ2) is 4.56. The normalized spacial score (nSPS) is 31.2. The number of nitrogens with zero attached hydrogens (tertiary/aromatic N) is 2. The summed E-state index contributed by atoms with van der Waals surface area (Å²) in [6.45, 7) is 0.613. The van der Waals surface area contributed by atoms with Gasteiger partial charge in [-0.1, -0.05) is 6.42 Å². The van der Waals surface area contributed by atoms with Gasteiger partial charge in [0.15, 0.2) is 0 Å². The molecule has 2 atom stereocenters. The van der Waals surface area contributed by atoms with Crippen molar-refractivity contribution in [1.82, 2.24) is 4.98 Å². The topological polar surface area (TPSA) is 59.2 Å². The Hall–Kier alpha value is -1.49. The van der Waals surface area contributed by atoms with Crippen LogP contribution in [0.1, 0.15) is 32.1 Å². The number of carbonyl (C=O) groups is 1. The molecule has 1 saturated carbocycles. The van der Waals surface area contributed by atoms with Crippen LogP contribution in [0.15, 0.2) is 18.3 Å². The van der Waals surface area contributed by atoms with Crippen molar-refractivity contribution in [3.63, 3.8) is 0 Å². The fraction of sp³-hybridized carbons (Fsp3) is 0.571. The van der Waals surface area contributed by atoms with E-state index in [0.29, 0.717) is 12.4 Å². The first-order valence-corrected chi connectivity index (χ1v) is 6.80. The minimum Gasteiger partial charge on any atom is -0.328 e. The number of rotatable bonds is 1. The zero-order chi connectivity index (χ0) is 13.5. The fourth-order valence-electron chi connectivity index (χ4n) is 3.41. The predicted molar refractivity (Wildman–Crippen MR) is 70.0 cm³/mol. The number of amides is 1. The largest absolute Gasteiger partial charge is 0.328 e. The van der Waals surface area contributed by atoms with E-state index in [-0.39, 0.29) is 23.2 Å². The lowest BCUT2D eigenvalue weighted by Gasteiger charge is -2.34. The van der Waals surface area contributed by atoms with Crippen LogP contribution in [0.4, 0.5) is 10.2 Å². The highest BCUT2D eigenvalue weighted by Crippen LogP contribution is 2.45. The first-order valence-electron chi connectivity index (χ1n) is 6.80. The van der Waals surface area contributed by atoms with Gasteiger partial charge in [-0.2, -0.15) is 0 Å². The van der Waals surface area contributed by atoms with Crippen LogP contribution in [0, 0.1) is 11.2 Å². The van der Waals surface area contributed by atoms with Crippen LogP contribution in [-0.4, -0.2) is 23.5 Å². The molecule has 2 aliphatic rings. The molecule has 0 aromatic carbocycles. The number of hydrogen-bond acceptors (Lipinski definition) is 3. The molecule has 19 heavy (non-hydrogen) atoms. The van der Waals surface area contributed by atoms with Gasteiger partial charge in [0.1, 0.15) is 11.6 Å². The summed E-state index contributed by atoms with van der Waals surface area (Å²) in [6, 6.07) is 2.72. The molecule has 1 saturated heterocycles. The Labute approximate surface area is 111 Å². The molecule has 2 unspecified atom stereocenters. The number of anilines is 1. The SMILES string of the molecule is NC1CCCC2(CCN(c3cc(F)ccn3)C2=O)C1. The molecule has 5 heteroatoms. The maximum atomic E-state index is 13.2. The van der Waals surface area contributed by atoms with Gasteiger partial charge in [-0.25, -0.2) is 9.37 Å². The molecular formula is C14H18FN3O. The lowest BCUT2D eigenvalue weighted by atomic mass is 9.71. The third-order valence-electron chi connectivity index (χ3n) is 4.38. The van der Waals surface area contributed by atoms with Gasteiger partial charge in [-0.3, -0.25) is 9.69 Å². The molecular weight excluding hydrogens is 245 g/mol. The molecule has 3 rings (SSSR count). The summed E-state index contributed by atoms with van der Waals surface area (Å²) >= 11 is 0. The Bertz CT molecular complexity index is 507. The molecule has 2 heterocycles. The van der Waals surface area contributed by atoms with Crippen molar-refractivity contribution >= 4 is 11.7 Å². The number of halogens is 1. The average molecular weight is 263 g/mol. The Balaban J connectivity index is 1.86. The van der Waals surface area contributed by atoms with Crippen molar-refractivity contribution in [3.8, 4) is 0 Å². The lowest BCUT2D eigenvalue weighted by molar-refractivity contribution is -0.127. The fourth-order valence-corrected chi connectivity index (χ4v) is 3.41. The Morgan fingerprint density at radius 1 is 1.47 bits per heavy atom. The van der Waals surface area contributed by atoms with E-state index < -0.39 is 0 Å². The predicted octanol–water partition coefficient (Wildman–Crippen LogP) is 1.85. The second-order valence-corrected chi connectivity index (χ2v) is 5.68. The van der Waals surface area contributed by atoms with Crippen molar-refractivity contribution < 1.29 is 9.18 Å². The summed E-state index contributed by atoms with van der Waals surface area (Å²) < 4.78 is 13.2. The van der Waals surface area contributed by atoms with Crippen LogP contribution in [0.3, 0.4) is 0 Å². The van der Waals surface area contributed by atoms with E-state index in [1.807, 2.05) is 0 Å². The lowest BCUT2D eigenvalue weighted by Crippen LogP contribution is -2.42. The molecule has 1 aromatic heterocycles. The molecule has 1 amide bonds. The summed E-state index contributed by atoms with van der Waals surface area (Å²) in [5, 5.41) is 0. The highest BCUT2D eigenvalue weighted by atomic mass is 19.1. The van der Waals surface area contributed by atoms with Crippen LogP contribution in [0.2, 0.25) is 0 Å². The second-order valence-electron chi connectivity index (χ2n) is 5.68. The van der Waals surface area contributed by atoms with E-state index in [4.69, 9.17) is 5.73 Å². The van der Waals surface area contributed by atoms with E-state index in [1.54, 1.807) is 4.90 Å². The molecule has 1 aliphatic heterocycles. The maximum Gasteiger partial charge on any atom is 0.234 e. The number of hydrogen-bond donors (Lipinski definition) is 1. The van der Waals surface area contributed by atoms with Gasteiger partial charge in [0.2, 0.25) is 5.91 Å². The van der Waals surface area contributed by atoms with Crippen molar-refractivity contribution in [3.05, 3.63) is 24.1 Å². The standard InChI is InChI=1S/C14H18FN3O/c15-10-3-6-17-12(8-10)18-7-5-14(13(18)19)4-1-2-11(16)9-14/h3,6,8,11H,1-2,4-5,7,9,16H2. The molecule has 4 nitrogen and oxygen atoms in total. The van der Waals surface area contributed by atoms with E-state index in [1.165, 1.54) is 18.3 Å². The average Bonchev–Trinajstić information content (AvgIpc) is 2.67. The van der Waals surface area contributed by atoms with Crippen LogP contribution in [-0.2, 0) is 4.79 Å². The van der Waals surface area contributed by atoms with E-state index in [9.17, 15) is 9.18 Å². The quantitative estimate of drug-likeness (QED) is 0.841. The third-order valence-corrected chi connectivity index (χ3v) is 4.38. The van der Waals surface area contributed by atoms with Gasteiger partial charge in [0.05, 0.1) is 5.41 Å². The Morgan fingerprint density at radius 2 is 2.32 bits per heavy atom. The maximum absolute atomic E-state index is 13.2. The van der Waals surface area contributed by atoms with E-state index >= 15 is 0 Å². The van der Waals surface area contributed by atoms with E-state index in [2.05, 4.69) is 4.98 Å². The van der Waals surface area contributed by atoms with Gasteiger partial charge in [0.25, 0.3) is 0 Å². The summed E-state index contributed by atoms with van der Waals surface area (Å²) in [5.74, 6) is 0.126. The molecule has 2 N–H and O–H groups in total. The molecule has 1 aliphatic carbocycles. The van der Waals surface area contributed by atoms with Crippen molar-refractivity contribution in [2.45, 2.75) is 38.1 Å². The molecule has 0 bridgehead atoms. The van der Waals surface area contributed by atoms with Gasteiger partial charge in [-0.05, 0) is 31.7 Å². The molecule has 102 valence electrons. The van der Waals surface area contributed by atoms with Gasteiger partial charge in [-0.15, -0.1) is 0 Å². The van der Waals surface area contributed by atoms with Crippen LogP contribution >= 0.6 is 0 Å². The minimum absolute atomic E-state index is 0.0701. The summed E-state index contributed by atoms with van der Waals surface area (Å²) in [6.07, 6.45) is 5.83. The molecule has 0 radical (unpaired) electrons. The van der Waals surface area contributed by atoms with Crippen molar-refractivity contribution in [2.24, 2.45) is 11.1 Å². The van der Waals surface area contributed by atoms with Gasteiger partial charge >= 0.3 is 0 Å². The third kappa shape index (κ3) is 2.12. The Kier molecular flexibility index (Phi) is 3.01. The van der Waals surface area contributed by atoms with Crippen LogP contribution in [0.5, 0.6) is 0 Å². The first kappa shape index (κ1) is 12.5. The highest BCUT2D eigenvalue weighted by molar-refractivity contribution is 5.99. The smallest absolute Gasteiger partial charge is 0.234 e. The van der Waals surface area contributed by atoms with Gasteiger partial charge < -0.3 is 5.73 Å².